The van der Waals surface area contributed by atoms with Gasteiger partial charge >= 0.3 is 0 Å². The molecular weight excluding hydrogens is 513 g/mol. The number of rotatable bonds is 7. The Morgan fingerprint density at radius 3 is 2.53 bits per heavy atom. The van der Waals surface area contributed by atoms with Crippen LogP contribution in [0.2, 0.25) is 0 Å². The number of carbonyl (C=O) groups excluding carboxylic acids is 2. The summed E-state index contributed by atoms with van der Waals surface area (Å²) in [7, 11) is 1.59. The van der Waals surface area contributed by atoms with E-state index in [1.54, 1.807) is 13.2 Å². The van der Waals surface area contributed by atoms with Crippen molar-refractivity contribution < 1.29 is 19.1 Å². The van der Waals surface area contributed by atoms with Crippen molar-refractivity contribution in [1.82, 2.24) is 4.90 Å². The maximum Gasteiger partial charge on any atom is 0.293 e. The molecule has 0 bridgehead atoms. The van der Waals surface area contributed by atoms with Crippen LogP contribution in [-0.2, 0) is 11.4 Å². The lowest BCUT2D eigenvalue weighted by molar-refractivity contribution is -0.124. The second-order valence-electron chi connectivity index (χ2n) is 7.12. The second kappa shape index (κ2) is 9.87. The van der Waals surface area contributed by atoms with E-state index in [0.29, 0.717) is 23.0 Å². The summed E-state index contributed by atoms with van der Waals surface area (Å²) >= 11 is 3.17. The smallest absolute Gasteiger partial charge is 0.293 e. The number of methoxy groups -OCH3 is 1. The summed E-state index contributed by atoms with van der Waals surface area (Å²) < 4.78 is 12.4. The number of carbonyl (C=O) groups is 2. The van der Waals surface area contributed by atoms with Gasteiger partial charge in [0.25, 0.3) is 11.1 Å². The van der Waals surface area contributed by atoms with Gasteiger partial charge in [0.05, 0.1) is 15.6 Å². The summed E-state index contributed by atoms with van der Waals surface area (Å²) in [4.78, 5) is 26.7. The van der Waals surface area contributed by atoms with Crippen molar-refractivity contribution in [2.24, 2.45) is 0 Å². The molecule has 1 atom stereocenters. The number of imide groups is 1. The van der Waals surface area contributed by atoms with Crippen LogP contribution in [0.4, 0.5) is 4.79 Å². The maximum atomic E-state index is 12.7. The fraction of sp³-hybridized carbons (Fsp3) is 0.304. The first-order valence-electron chi connectivity index (χ1n) is 9.67. The highest BCUT2D eigenvalue weighted by atomic mass is 127. The minimum atomic E-state index is -0.243. The molecule has 2 aromatic rings. The summed E-state index contributed by atoms with van der Waals surface area (Å²) in [6, 6.07) is 11.8. The monoisotopic (exact) mass is 537 g/mol. The summed E-state index contributed by atoms with van der Waals surface area (Å²) in [5.41, 5.74) is 3.06. The molecule has 2 amide bonds. The number of hydrogen-bond acceptors (Lipinski definition) is 5. The molecule has 1 heterocycles. The quantitative estimate of drug-likeness (QED) is 0.319. The molecule has 0 aliphatic carbocycles. The topological polar surface area (TPSA) is 55.8 Å². The molecule has 2 aromatic carbocycles. The number of amides is 2. The van der Waals surface area contributed by atoms with Crippen LogP contribution in [0.5, 0.6) is 11.5 Å². The van der Waals surface area contributed by atoms with Crippen LogP contribution in [-0.4, -0.2) is 29.2 Å². The van der Waals surface area contributed by atoms with Crippen molar-refractivity contribution in [2.75, 3.05) is 7.11 Å². The minimum Gasteiger partial charge on any atom is -0.493 e. The van der Waals surface area contributed by atoms with E-state index in [1.165, 1.54) is 10.5 Å². The first-order valence-corrected chi connectivity index (χ1v) is 11.6. The molecule has 1 aliphatic heterocycles. The summed E-state index contributed by atoms with van der Waals surface area (Å²) in [6.45, 7) is 6.32. The Kier molecular flexibility index (Phi) is 7.46. The lowest BCUT2D eigenvalue weighted by atomic mass is 10.1. The van der Waals surface area contributed by atoms with Crippen molar-refractivity contribution >= 4 is 51.6 Å². The fourth-order valence-electron chi connectivity index (χ4n) is 3.00. The number of thioether (sulfide) groups is 1. The first kappa shape index (κ1) is 22.7. The molecule has 1 saturated heterocycles. The van der Waals surface area contributed by atoms with Gasteiger partial charge in [-0.05, 0) is 84.0 Å². The molecule has 5 nitrogen and oxygen atoms in total. The average Bonchev–Trinajstić information content (AvgIpc) is 3.00. The largest absolute Gasteiger partial charge is 0.493 e. The Hall–Kier alpha value is -2.00. The third kappa shape index (κ3) is 5.00. The number of nitrogens with zero attached hydrogens (tertiary/aromatic N) is 1. The predicted molar refractivity (Wildman–Crippen MR) is 129 cm³/mol. The van der Waals surface area contributed by atoms with Crippen molar-refractivity contribution in [3.63, 3.8) is 0 Å². The van der Waals surface area contributed by atoms with Gasteiger partial charge in [-0.1, -0.05) is 36.8 Å². The first-order chi connectivity index (χ1) is 14.3. The average molecular weight is 537 g/mol. The molecule has 0 radical (unpaired) electrons. The Bertz CT molecular complexity index is 987. The molecule has 158 valence electrons. The molecule has 0 spiro atoms. The molecule has 1 aliphatic rings. The van der Waals surface area contributed by atoms with E-state index in [-0.39, 0.29) is 17.2 Å². The van der Waals surface area contributed by atoms with Crippen LogP contribution in [0.1, 0.15) is 37.0 Å². The Morgan fingerprint density at radius 2 is 1.90 bits per heavy atom. The van der Waals surface area contributed by atoms with Crippen LogP contribution >= 0.6 is 34.4 Å². The SMILES string of the molecule is CC[C@H](C)N1C(=O)S/C(=C/c2cc(I)c(OCc3ccc(C)cc3)c(OC)c2)C1=O. The van der Waals surface area contributed by atoms with Crippen molar-refractivity contribution in [1.29, 1.82) is 0 Å². The normalized spacial score (nSPS) is 16.3. The molecule has 30 heavy (non-hydrogen) atoms. The van der Waals surface area contributed by atoms with Gasteiger partial charge in [-0.2, -0.15) is 0 Å². The van der Waals surface area contributed by atoms with Crippen molar-refractivity contribution in [2.45, 2.75) is 39.8 Å². The minimum absolute atomic E-state index is 0.115. The predicted octanol–water partition coefficient (Wildman–Crippen LogP) is 6.02. The lowest BCUT2D eigenvalue weighted by Gasteiger charge is -2.19. The molecule has 0 N–H and O–H groups in total. The van der Waals surface area contributed by atoms with Crippen LogP contribution in [0.3, 0.4) is 0 Å². The van der Waals surface area contributed by atoms with E-state index >= 15 is 0 Å². The van der Waals surface area contributed by atoms with E-state index in [4.69, 9.17) is 9.47 Å². The van der Waals surface area contributed by atoms with Crippen LogP contribution in [0.15, 0.2) is 41.3 Å². The van der Waals surface area contributed by atoms with E-state index in [1.807, 2.05) is 45.0 Å². The van der Waals surface area contributed by atoms with Gasteiger partial charge in [-0.15, -0.1) is 0 Å². The highest BCUT2D eigenvalue weighted by Crippen LogP contribution is 2.38. The lowest BCUT2D eigenvalue weighted by Crippen LogP contribution is -2.36. The molecular formula is C23H24INO4S. The number of benzene rings is 2. The van der Waals surface area contributed by atoms with Gasteiger partial charge in [0.15, 0.2) is 11.5 Å². The zero-order chi connectivity index (χ0) is 21.8. The molecule has 0 aromatic heterocycles. The van der Waals surface area contributed by atoms with Crippen LogP contribution in [0, 0.1) is 10.5 Å². The van der Waals surface area contributed by atoms with Crippen LogP contribution in [0.25, 0.3) is 6.08 Å². The molecule has 3 rings (SSSR count). The van der Waals surface area contributed by atoms with Crippen LogP contribution < -0.4 is 9.47 Å². The Morgan fingerprint density at radius 1 is 1.20 bits per heavy atom. The zero-order valence-electron chi connectivity index (χ0n) is 17.4. The highest BCUT2D eigenvalue weighted by molar-refractivity contribution is 14.1. The summed E-state index contributed by atoms with van der Waals surface area (Å²) in [6.07, 6.45) is 2.46. The summed E-state index contributed by atoms with van der Waals surface area (Å²) in [5, 5.41) is -0.222. The number of halogens is 1. The molecule has 7 heteroatoms. The third-order valence-corrected chi connectivity index (χ3v) is 6.59. The number of aryl methyl sites for hydroxylation is 1. The van der Waals surface area contributed by atoms with Gasteiger partial charge in [-0.25, -0.2) is 0 Å². The highest BCUT2D eigenvalue weighted by Gasteiger charge is 2.37. The fourth-order valence-corrected chi connectivity index (χ4v) is 4.71. The zero-order valence-corrected chi connectivity index (χ0v) is 20.4. The van der Waals surface area contributed by atoms with Gasteiger partial charge in [-0.3, -0.25) is 14.5 Å². The molecule has 1 fully saturated rings. The van der Waals surface area contributed by atoms with Gasteiger partial charge in [0, 0.05) is 6.04 Å². The summed E-state index contributed by atoms with van der Waals surface area (Å²) in [5.74, 6) is 0.998. The standard InChI is InChI=1S/C23H24INO4S/c1-5-15(3)25-22(26)20(30-23(25)27)12-17-10-18(24)21(19(11-17)28-4)29-13-16-8-6-14(2)7-9-16/h6-12,15H,5,13H2,1-4H3/b20-12+/t15-/m0/s1. The van der Waals surface area contributed by atoms with Gasteiger partial charge in [0.1, 0.15) is 6.61 Å². The van der Waals surface area contributed by atoms with Gasteiger partial charge < -0.3 is 9.47 Å². The Balaban J connectivity index is 1.83. The molecule has 0 saturated carbocycles. The van der Waals surface area contributed by atoms with E-state index < -0.39 is 0 Å². The van der Waals surface area contributed by atoms with E-state index in [2.05, 4.69) is 34.7 Å². The van der Waals surface area contributed by atoms with Crippen molar-refractivity contribution in [3.8, 4) is 11.5 Å². The van der Waals surface area contributed by atoms with E-state index in [9.17, 15) is 9.59 Å². The molecule has 0 unspecified atom stereocenters. The Labute approximate surface area is 195 Å². The second-order valence-corrected chi connectivity index (χ2v) is 9.27. The number of ether oxygens (including phenoxy) is 2. The van der Waals surface area contributed by atoms with Gasteiger partial charge in [0.2, 0.25) is 0 Å². The van der Waals surface area contributed by atoms with Crippen molar-refractivity contribution in [3.05, 3.63) is 61.6 Å². The van der Waals surface area contributed by atoms with E-state index in [0.717, 1.165) is 32.9 Å². The third-order valence-electron chi connectivity index (χ3n) is 4.91. The number of hydrogen-bond donors (Lipinski definition) is 0. The maximum absolute atomic E-state index is 12.7.